The Morgan fingerprint density at radius 1 is 1.40 bits per heavy atom. The summed E-state index contributed by atoms with van der Waals surface area (Å²) in [5.74, 6) is 0.368. The minimum absolute atomic E-state index is 0.153. The molecule has 0 saturated heterocycles. The van der Waals surface area contributed by atoms with Gasteiger partial charge >= 0.3 is 0 Å². The molecule has 2 rings (SSSR count). The van der Waals surface area contributed by atoms with Gasteiger partial charge in [-0.25, -0.2) is 4.39 Å². The molecule has 82 valence electrons. The Morgan fingerprint density at radius 2 is 2.20 bits per heavy atom. The van der Waals surface area contributed by atoms with E-state index < -0.39 is 0 Å². The van der Waals surface area contributed by atoms with E-state index in [1.807, 2.05) is 0 Å². The number of nitrogens with two attached hydrogens (primary N) is 1. The topological polar surface area (TPSA) is 26.0 Å². The normalized spacial score (nSPS) is 25.8. The van der Waals surface area contributed by atoms with Crippen molar-refractivity contribution in [1.29, 1.82) is 0 Å². The van der Waals surface area contributed by atoms with Crippen LogP contribution in [-0.4, -0.2) is 6.04 Å². The van der Waals surface area contributed by atoms with Crippen LogP contribution >= 0.6 is 11.6 Å². The Balaban J connectivity index is 2.07. The smallest absolute Gasteiger partial charge is 0.126 e. The zero-order valence-electron chi connectivity index (χ0n) is 8.55. The Labute approximate surface area is 94.4 Å². The van der Waals surface area contributed by atoms with Crippen molar-refractivity contribution in [2.45, 2.75) is 31.7 Å². The molecule has 1 aliphatic rings. The van der Waals surface area contributed by atoms with E-state index in [0.717, 1.165) is 31.2 Å². The molecule has 15 heavy (non-hydrogen) atoms. The van der Waals surface area contributed by atoms with E-state index in [0.29, 0.717) is 17.0 Å². The van der Waals surface area contributed by atoms with Crippen LogP contribution in [0.4, 0.5) is 4.39 Å². The second-order valence-corrected chi connectivity index (χ2v) is 4.82. The third-order valence-corrected chi connectivity index (χ3v) is 3.33. The molecule has 1 nitrogen and oxygen atoms in total. The maximum Gasteiger partial charge on any atom is 0.126 e. The predicted molar refractivity (Wildman–Crippen MR) is 60.4 cm³/mol. The maximum absolute atomic E-state index is 13.4. The molecule has 1 fully saturated rings. The number of halogens is 2. The maximum atomic E-state index is 13.4. The average Bonchev–Trinajstić information content (AvgIpc) is 2.58. The molecule has 2 N–H and O–H groups in total. The van der Waals surface area contributed by atoms with E-state index in [9.17, 15) is 4.39 Å². The standard InChI is InChI=1S/C12H15ClFN/c13-10-2-4-12(14)9(7-10)5-8-1-3-11(15)6-8/h2,4,7-8,11H,1,3,5-6,15H2. The highest BCUT2D eigenvalue weighted by atomic mass is 35.5. The zero-order valence-corrected chi connectivity index (χ0v) is 9.30. The van der Waals surface area contributed by atoms with Crippen LogP contribution in [0, 0.1) is 11.7 Å². The number of rotatable bonds is 2. The van der Waals surface area contributed by atoms with Gasteiger partial charge in [-0.3, -0.25) is 0 Å². The van der Waals surface area contributed by atoms with E-state index in [4.69, 9.17) is 17.3 Å². The monoisotopic (exact) mass is 227 g/mol. The summed E-state index contributed by atoms with van der Waals surface area (Å²) >= 11 is 5.84. The second kappa shape index (κ2) is 4.50. The average molecular weight is 228 g/mol. The molecule has 1 saturated carbocycles. The molecular weight excluding hydrogens is 213 g/mol. The lowest BCUT2D eigenvalue weighted by Gasteiger charge is -2.10. The van der Waals surface area contributed by atoms with Crippen LogP contribution in [-0.2, 0) is 6.42 Å². The van der Waals surface area contributed by atoms with Gasteiger partial charge in [0, 0.05) is 11.1 Å². The van der Waals surface area contributed by atoms with Crippen LogP contribution in [0.25, 0.3) is 0 Å². The quantitative estimate of drug-likeness (QED) is 0.825. The van der Waals surface area contributed by atoms with Crippen LogP contribution in [0.1, 0.15) is 24.8 Å². The van der Waals surface area contributed by atoms with Gasteiger partial charge in [0.1, 0.15) is 5.82 Å². The van der Waals surface area contributed by atoms with Gasteiger partial charge in [-0.15, -0.1) is 0 Å². The van der Waals surface area contributed by atoms with Gasteiger partial charge in [0.2, 0.25) is 0 Å². The molecule has 0 bridgehead atoms. The lowest BCUT2D eigenvalue weighted by molar-refractivity contribution is 0.513. The number of benzene rings is 1. The first kappa shape index (κ1) is 10.9. The van der Waals surface area contributed by atoms with Gasteiger partial charge in [0.15, 0.2) is 0 Å². The van der Waals surface area contributed by atoms with Crippen molar-refractivity contribution in [3.63, 3.8) is 0 Å². The van der Waals surface area contributed by atoms with E-state index in [1.54, 1.807) is 12.1 Å². The van der Waals surface area contributed by atoms with Gasteiger partial charge < -0.3 is 5.73 Å². The Bertz CT molecular complexity index is 353. The fourth-order valence-corrected chi connectivity index (χ4v) is 2.50. The lowest BCUT2D eigenvalue weighted by Crippen LogP contribution is -2.15. The summed E-state index contributed by atoms with van der Waals surface area (Å²) in [7, 11) is 0. The van der Waals surface area contributed by atoms with Crippen molar-refractivity contribution < 1.29 is 4.39 Å². The van der Waals surface area contributed by atoms with Gasteiger partial charge in [-0.1, -0.05) is 11.6 Å². The molecule has 0 aromatic heterocycles. The van der Waals surface area contributed by atoms with Crippen molar-refractivity contribution >= 4 is 11.6 Å². The van der Waals surface area contributed by atoms with Crippen molar-refractivity contribution in [3.05, 3.63) is 34.6 Å². The third kappa shape index (κ3) is 2.70. The number of hydrogen-bond donors (Lipinski definition) is 1. The first-order valence-electron chi connectivity index (χ1n) is 5.34. The number of hydrogen-bond acceptors (Lipinski definition) is 1. The predicted octanol–water partition coefficient (Wildman–Crippen LogP) is 3.15. The Hall–Kier alpha value is -0.600. The lowest BCUT2D eigenvalue weighted by atomic mass is 9.97. The van der Waals surface area contributed by atoms with Crippen molar-refractivity contribution in [2.75, 3.05) is 0 Å². The second-order valence-electron chi connectivity index (χ2n) is 4.38. The SMILES string of the molecule is NC1CCC(Cc2cc(Cl)ccc2F)C1. The molecule has 2 unspecified atom stereocenters. The molecule has 1 aliphatic carbocycles. The highest BCUT2D eigenvalue weighted by Crippen LogP contribution is 2.29. The molecule has 0 heterocycles. The van der Waals surface area contributed by atoms with E-state index >= 15 is 0 Å². The van der Waals surface area contributed by atoms with Gasteiger partial charge in [0.05, 0.1) is 0 Å². The highest BCUT2D eigenvalue weighted by molar-refractivity contribution is 6.30. The summed E-state index contributed by atoms with van der Waals surface area (Å²) in [5, 5.41) is 0.605. The summed E-state index contributed by atoms with van der Waals surface area (Å²) in [6.45, 7) is 0. The fraction of sp³-hybridized carbons (Fsp3) is 0.500. The van der Waals surface area contributed by atoms with E-state index in [1.165, 1.54) is 6.07 Å². The summed E-state index contributed by atoms with van der Waals surface area (Å²) in [6.07, 6.45) is 3.94. The third-order valence-electron chi connectivity index (χ3n) is 3.10. The van der Waals surface area contributed by atoms with Crippen molar-refractivity contribution in [2.24, 2.45) is 11.7 Å². The summed E-state index contributed by atoms with van der Waals surface area (Å²) in [4.78, 5) is 0. The first-order valence-corrected chi connectivity index (χ1v) is 5.72. The fourth-order valence-electron chi connectivity index (χ4n) is 2.31. The molecule has 0 aliphatic heterocycles. The summed E-state index contributed by atoms with van der Waals surface area (Å²) in [6, 6.07) is 5.05. The highest BCUT2D eigenvalue weighted by Gasteiger charge is 2.22. The molecule has 3 heteroatoms. The van der Waals surface area contributed by atoms with Gasteiger partial charge in [-0.2, -0.15) is 0 Å². The Morgan fingerprint density at radius 3 is 2.87 bits per heavy atom. The molecule has 0 amide bonds. The summed E-state index contributed by atoms with van der Waals surface area (Å²) in [5.41, 5.74) is 6.55. The van der Waals surface area contributed by atoms with Crippen molar-refractivity contribution in [1.82, 2.24) is 0 Å². The summed E-state index contributed by atoms with van der Waals surface area (Å²) < 4.78 is 13.4. The molecule has 0 radical (unpaired) electrons. The van der Waals surface area contributed by atoms with Gasteiger partial charge in [-0.05, 0) is 55.4 Å². The van der Waals surface area contributed by atoms with Crippen LogP contribution in [0.2, 0.25) is 5.02 Å². The van der Waals surface area contributed by atoms with Gasteiger partial charge in [0.25, 0.3) is 0 Å². The Kier molecular flexibility index (Phi) is 3.27. The minimum atomic E-state index is -0.153. The van der Waals surface area contributed by atoms with Crippen LogP contribution < -0.4 is 5.73 Å². The molecular formula is C12H15ClFN. The molecule has 1 aromatic rings. The molecule has 0 spiro atoms. The van der Waals surface area contributed by atoms with Crippen molar-refractivity contribution in [3.8, 4) is 0 Å². The van der Waals surface area contributed by atoms with E-state index in [-0.39, 0.29) is 5.82 Å². The van der Waals surface area contributed by atoms with E-state index in [2.05, 4.69) is 0 Å². The minimum Gasteiger partial charge on any atom is -0.328 e. The van der Waals surface area contributed by atoms with Crippen LogP contribution in [0.5, 0.6) is 0 Å². The molecule has 2 atom stereocenters. The first-order chi connectivity index (χ1) is 7.15. The zero-order chi connectivity index (χ0) is 10.8. The molecule has 1 aromatic carbocycles. The van der Waals surface area contributed by atoms with Crippen LogP contribution in [0.15, 0.2) is 18.2 Å². The largest absolute Gasteiger partial charge is 0.328 e. The van der Waals surface area contributed by atoms with Crippen LogP contribution in [0.3, 0.4) is 0 Å².